The van der Waals surface area contributed by atoms with Crippen molar-refractivity contribution in [1.82, 2.24) is 4.90 Å². The zero-order valence-corrected chi connectivity index (χ0v) is 17.7. The van der Waals surface area contributed by atoms with E-state index in [4.69, 9.17) is 14.2 Å². The Morgan fingerprint density at radius 3 is 2.55 bits per heavy atom. The van der Waals surface area contributed by atoms with E-state index in [1.54, 1.807) is 31.7 Å². The number of hydrogen-bond acceptors (Lipinski definition) is 5. The van der Waals surface area contributed by atoms with E-state index in [2.05, 4.69) is 0 Å². The highest BCUT2D eigenvalue weighted by Crippen LogP contribution is 2.41. The quantitative estimate of drug-likeness (QED) is 0.595. The van der Waals surface area contributed by atoms with Crippen molar-refractivity contribution >= 4 is 22.6 Å². The predicted octanol–water partition coefficient (Wildman–Crippen LogP) is 4.31. The number of ether oxygens (including phenoxy) is 3. The van der Waals surface area contributed by atoms with Gasteiger partial charge >= 0.3 is 5.97 Å². The van der Waals surface area contributed by atoms with Gasteiger partial charge in [0.15, 0.2) is 17.2 Å². The molecule has 3 aromatic rings. The van der Waals surface area contributed by atoms with Gasteiger partial charge in [0.25, 0.3) is 5.91 Å². The van der Waals surface area contributed by atoms with E-state index in [0.717, 1.165) is 16.3 Å². The van der Waals surface area contributed by atoms with Crippen molar-refractivity contribution < 1.29 is 23.8 Å². The standard InChI is InChI=1S/C25H23NO5/c1-24(2)26(22(27)19-10-6-8-17-7-4-5-9-18(17)19)25(3,23(28)31-24)14-16-11-12-20-21(13-16)30-15-29-20/h4-13H,14-15H2,1-3H3/t25-/m0/s1. The molecule has 0 radical (unpaired) electrons. The van der Waals surface area contributed by atoms with Crippen LogP contribution in [0, 0.1) is 0 Å². The van der Waals surface area contributed by atoms with E-state index in [0.29, 0.717) is 23.5 Å². The lowest BCUT2D eigenvalue weighted by molar-refractivity contribution is -0.149. The number of fused-ring (bicyclic) bond motifs is 2. The first kappa shape index (κ1) is 19.4. The fourth-order valence-electron chi connectivity index (χ4n) is 4.67. The van der Waals surface area contributed by atoms with Crippen LogP contribution in [0.5, 0.6) is 11.5 Å². The van der Waals surface area contributed by atoms with E-state index in [9.17, 15) is 9.59 Å². The van der Waals surface area contributed by atoms with Gasteiger partial charge in [-0.05, 0) is 55.3 Å². The molecule has 2 aliphatic heterocycles. The highest BCUT2D eigenvalue weighted by molar-refractivity contribution is 6.09. The van der Waals surface area contributed by atoms with Crippen LogP contribution in [0.25, 0.3) is 10.8 Å². The van der Waals surface area contributed by atoms with Crippen molar-refractivity contribution in [1.29, 1.82) is 0 Å². The number of hydrogen-bond donors (Lipinski definition) is 0. The molecule has 1 fully saturated rings. The molecule has 0 aliphatic carbocycles. The second kappa shape index (κ2) is 6.74. The lowest BCUT2D eigenvalue weighted by Crippen LogP contribution is -2.56. The Labute approximate surface area is 180 Å². The van der Waals surface area contributed by atoms with Crippen LogP contribution < -0.4 is 9.47 Å². The molecule has 1 atom stereocenters. The Balaban J connectivity index is 1.57. The van der Waals surface area contributed by atoms with Gasteiger partial charge < -0.3 is 14.2 Å². The van der Waals surface area contributed by atoms with Gasteiger partial charge in [-0.3, -0.25) is 9.69 Å². The van der Waals surface area contributed by atoms with Crippen LogP contribution in [0.2, 0.25) is 0 Å². The number of cyclic esters (lactones) is 1. The summed E-state index contributed by atoms with van der Waals surface area (Å²) in [6.07, 6.45) is 0.294. The Bertz CT molecular complexity index is 1210. The minimum Gasteiger partial charge on any atom is -0.454 e. The summed E-state index contributed by atoms with van der Waals surface area (Å²) in [6, 6.07) is 18.9. The second-order valence-corrected chi connectivity index (χ2v) is 8.64. The molecule has 0 N–H and O–H groups in total. The van der Waals surface area contributed by atoms with Crippen molar-refractivity contribution in [2.75, 3.05) is 6.79 Å². The lowest BCUT2D eigenvalue weighted by Gasteiger charge is -2.37. The van der Waals surface area contributed by atoms with Crippen molar-refractivity contribution in [3.05, 3.63) is 71.8 Å². The number of amides is 1. The average molecular weight is 417 g/mol. The molecule has 2 aliphatic rings. The number of rotatable bonds is 3. The number of benzene rings is 3. The molecule has 158 valence electrons. The smallest absolute Gasteiger partial charge is 0.334 e. The summed E-state index contributed by atoms with van der Waals surface area (Å²) in [5.41, 5.74) is -0.861. The number of carbonyl (C=O) groups excluding carboxylic acids is 2. The molecule has 2 heterocycles. The first-order chi connectivity index (χ1) is 14.8. The third-order valence-electron chi connectivity index (χ3n) is 6.02. The predicted molar refractivity (Wildman–Crippen MR) is 115 cm³/mol. The monoisotopic (exact) mass is 417 g/mol. The van der Waals surface area contributed by atoms with E-state index < -0.39 is 17.2 Å². The van der Waals surface area contributed by atoms with Gasteiger partial charge in [0.1, 0.15) is 5.54 Å². The molecule has 0 spiro atoms. The average Bonchev–Trinajstić information content (AvgIpc) is 3.26. The van der Waals surface area contributed by atoms with Gasteiger partial charge in [-0.15, -0.1) is 0 Å². The van der Waals surface area contributed by atoms with Crippen LogP contribution >= 0.6 is 0 Å². The molecule has 3 aromatic carbocycles. The Hall–Kier alpha value is -3.54. The zero-order valence-electron chi connectivity index (χ0n) is 17.7. The van der Waals surface area contributed by atoms with Crippen LogP contribution in [0.1, 0.15) is 36.7 Å². The first-order valence-electron chi connectivity index (χ1n) is 10.2. The van der Waals surface area contributed by atoms with Crippen molar-refractivity contribution in [2.24, 2.45) is 0 Å². The summed E-state index contributed by atoms with van der Waals surface area (Å²) in [4.78, 5) is 28.5. The normalized spacial score (nSPS) is 21.4. The maximum atomic E-state index is 13.9. The topological polar surface area (TPSA) is 65.1 Å². The molecule has 1 amide bonds. The zero-order chi connectivity index (χ0) is 21.8. The van der Waals surface area contributed by atoms with Crippen LogP contribution in [0.15, 0.2) is 60.7 Å². The molecular weight excluding hydrogens is 394 g/mol. The highest BCUT2D eigenvalue weighted by Gasteiger charge is 2.58. The maximum absolute atomic E-state index is 13.9. The molecule has 6 heteroatoms. The SMILES string of the molecule is CC1(C)OC(=O)[C@](C)(Cc2ccc3c(c2)OCO3)N1C(=O)c1cccc2ccccc12. The molecule has 0 saturated carbocycles. The number of esters is 1. The van der Waals surface area contributed by atoms with E-state index in [1.807, 2.05) is 54.6 Å². The molecule has 6 nitrogen and oxygen atoms in total. The van der Waals surface area contributed by atoms with Crippen molar-refractivity contribution in [2.45, 2.75) is 38.5 Å². The minimum atomic E-state index is -1.18. The van der Waals surface area contributed by atoms with Gasteiger partial charge in [0.2, 0.25) is 6.79 Å². The van der Waals surface area contributed by atoms with Crippen LogP contribution in [0.4, 0.5) is 0 Å². The molecule has 0 aromatic heterocycles. The molecule has 0 unspecified atom stereocenters. The Morgan fingerprint density at radius 1 is 0.968 bits per heavy atom. The van der Waals surface area contributed by atoms with Crippen LogP contribution in [-0.2, 0) is 16.0 Å². The van der Waals surface area contributed by atoms with E-state index in [1.165, 1.54) is 0 Å². The summed E-state index contributed by atoms with van der Waals surface area (Å²) < 4.78 is 16.6. The van der Waals surface area contributed by atoms with E-state index >= 15 is 0 Å². The van der Waals surface area contributed by atoms with Gasteiger partial charge in [-0.25, -0.2) is 4.79 Å². The van der Waals surface area contributed by atoms with Gasteiger partial charge in [-0.2, -0.15) is 0 Å². The summed E-state index contributed by atoms with van der Waals surface area (Å²) >= 11 is 0. The Kier molecular flexibility index (Phi) is 4.22. The summed E-state index contributed by atoms with van der Waals surface area (Å²) in [5.74, 6) is 0.644. The van der Waals surface area contributed by atoms with Gasteiger partial charge in [0, 0.05) is 12.0 Å². The van der Waals surface area contributed by atoms with Gasteiger partial charge in [0.05, 0.1) is 0 Å². The first-order valence-corrected chi connectivity index (χ1v) is 10.2. The summed E-state index contributed by atoms with van der Waals surface area (Å²) in [7, 11) is 0. The Morgan fingerprint density at radius 2 is 1.71 bits per heavy atom. The van der Waals surface area contributed by atoms with Crippen LogP contribution in [0.3, 0.4) is 0 Å². The third kappa shape index (κ3) is 3.02. The highest BCUT2D eigenvalue weighted by atomic mass is 16.7. The van der Waals surface area contributed by atoms with Crippen molar-refractivity contribution in [3.8, 4) is 11.5 Å². The largest absolute Gasteiger partial charge is 0.454 e. The molecule has 0 bridgehead atoms. The fraction of sp³-hybridized carbons (Fsp3) is 0.280. The number of carbonyl (C=O) groups is 2. The second-order valence-electron chi connectivity index (χ2n) is 8.64. The fourth-order valence-corrected chi connectivity index (χ4v) is 4.67. The summed E-state index contributed by atoms with van der Waals surface area (Å²) in [6.45, 7) is 5.44. The van der Waals surface area contributed by atoms with Crippen LogP contribution in [-0.4, -0.2) is 34.8 Å². The minimum absolute atomic E-state index is 0.177. The summed E-state index contributed by atoms with van der Waals surface area (Å²) in [5, 5.41) is 1.81. The van der Waals surface area contributed by atoms with E-state index in [-0.39, 0.29) is 12.7 Å². The molecule has 1 saturated heterocycles. The third-order valence-corrected chi connectivity index (χ3v) is 6.02. The molecular formula is C25H23NO5. The number of nitrogens with zero attached hydrogens (tertiary/aromatic N) is 1. The molecule has 5 rings (SSSR count). The maximum Gasteiger partial charge on any atom is 0.334 e. The van der Waals surface area contributed by atoms with Crippen molar-refractivity contribution in [3.63, 3.8) is 0 Å². The lowest BCUT2D eigenvalue weighted by atomic mass is 9.89. The molecule has 31 heavy (non-hydrogen) atoms. The van der Waals surface area contributed by atoms with Gasteiger partial charge in [-0.1, -0.05) is 42.5 Å².